The van der Waals surface area contributed by atoms with Crippen LogP contribution >= 0.6 is 0 Å². The van der Waals surface area contributed by atoms with Crippen molar-refractivity contribution in [1.82, 2.24) is 15.0 Å². The lowest BCUT2D eigenvalue weighted by molar-refractivity contribution is -0.166. The zero-order valence-electron chi connectivity index (χ0n) is 15.1. The lowest BCUT2D eigenvalue weighted by Crippen LogP contribution is -2.40. The maximum Gasteiger partial charge on any atom is 0.360 e. The molecule has 2 heterocycles. The molecule has 0 spiro atoms. The SMILES string of the molecule is COC(=O)c1cnn([C@@H]2O[C@H](COC(C)=O)[C@@H](OC(C)=O)[C@H]2OC(C)=O)n1. The third-order valence-electron chi connectivity index (χ3n) is 3.47. The maximum absolute atomic E-state index is 11.6. The van der Waals surface area contributed by atoms with Gasteiger partial charge in [0.25, 0.3) is 0 Å². The Morgan fingerprint density at radius 1 is 1.07 bits per heavy atom. The molecule has 0 unspecified atom stereocenters. The van der Waals surface area contributed by atoms with Crippen molar-refractivity contribution in [2.24, 2.45) is 0 Å². The van der Waals surface area contributed by atoms with Crippen molar-refractivity contribution in [1.29, 1.82) is 0 Å². The lowest BCUT2D eigenvalue weighted by Gasteiger charge is -2.22. The number of hydrogen-bond donors (Lipinski definition) is 0. The predicted octanol–water partition coefficient (Wildman–Crippen LogP) is -0.611. The van der Waals surface area contributed by atoms with E-state index in [-0.39, 0.29) is 12.3 Å². The van der Waals surface area contributed by atoms with Crippen LogP contribution in [-0.4, -0.2) is 70.9 Å². The molecule has 27 heavy (non-hydrogen) atoms. The van der Waals surface area contributed by atoms with Crippen molar-refractivity contribution in [3.05, 3.63) is 11.9 Å². The quantitative estimate of drug-likeness (QED) is 0.456. The Labute approximate surface area is 153 Å². The van der Waals surface area contributed by atoms with Gasteiger partial charge in [0.05, 0.1) is 13.3 Å². The van der Waals surface area contributed by atoms with Crippen molar-refractivity contribution >= 4 is 23.9 Å². The summed E-state index contributed by atoms with van der Waals surface area (Å²) in [6, 6.07) is 0. The molecule has 148 valence electrons. The van der Waals surface area contributed by atoms with Gasteiger partial charge in [-0.25, -0.2) is 4.79 Å². The molecule has 1 aromatic rings. The molecule has 1 aliphatic rings. The van der Waals surface area contributed by atoms with Crippen molar-refractivity contribution in [3.63, 3.8) is 0 Å². The molecule has 0 radical (unpaired) electrons. The van der Waals surface area contributed by atoms with E-state index in [1.165, 1.54) is 21.0 Å². The number of carbonyl (C=O) groups is 4. The van der Waals surface area contributed by atoms with Crippen LogP contribution in [0.2, 0.25) is 0 Å². The highest BCUT2D eigenvalue weighted by Gasteiger charge is 2.51. The Morgan fingerprint density at radius 2 is 1.70 bits per heavy atom. The molecule has 1 saturated heterocycles. The predicted molar refractivity (Wildman–Crippen MR) is 83.0 cm³/mol. The van der Waals surface area contributed by atoms with Gasteiger partial charge in [-0.3, -0.25) is 14.4 Å². The smallest absolute Gasteiger partial charge is 0.360 e. The molecule has 0 aliphatic carbocycles. The molecular formula is C15H19N3O9. The van der Waals surface area contributed by atoms with Crippen LogP contribution in [0.3, 0.4) is 0 Å². The zero-order valence-corrected chi connectivity index (χ0v) is 15.1. The number of aromatic nitrogens is 3. The van der Waals surface area contributed by atoms with E-state index >= 15 is 0 Å². The number of esters is 4. The first kappa shape index (κ1) is 20.3. The van der Waals surface area contributed by atoms with Crippen LogP contribution < -0.4 is 0 Å². The van der Waals surface area contributed by atoms with Gasteiger partial charge in [0.15, 0.2) is 17.9 Å². The number of methoxy groups -OCH3 is 1. The minimum atomic E-state index is -1.13. The van der Waals surface area contributed by atoms with E-state index in [1.54, 1.807) is 0 Å². The van der Waals surface area contributed by atoms with Crippen LogP contribution in [0.1, 0.15) is 37.5 Å². The first-order valence-electron chi connectivity index (χ1n) is 7.86. The lowest BCUT2D eigenvalue weighted by atomic mass is 10.1. The van der Waals surface area contributed by atoms with Gasteiger partial charge in [-0.2, -0.15) is 9.90 Å². The average Bonchev–Trinajstić information content (AvgIpc) is 3.18. The number of nitrogens with zero attached hydrogens (tertiary/aromatic N) is 3. The number of rotatable bonds is 6. The van der Waals surface area contributed by atoms with Gasteiger partial charge in [0, 0.05) is 20.8 Å². The molecule has 1 fully saturated rings. The van der Waals surface area contributed by atoms with Gasteiger partial charge < -0.3 is 23.7 Å². The molecule has 1 aliphatic heterocycles. The van der Waals surface area contributed by atoms with Crippen LogP contribution in [0.5, 0.6) is 0 Å². The number of hydrogen-bond acceptors (Lipinski definition) is 11. The summed E-state index contributed by atoms with van der Waals surface area (Å²) in [5.74, 6) is -2.62. The molecule has 0 bridgehead atoms. The Kier molecular flexibility index (Phi) is 6.45. The highest BCUT2D eigenvalue weighted by Crippen LogP contribution is 2.33. The zero-order chi connectivity index (χ0) is 20.1. The molecule has 0 aromatic carbocycles. The van der Waals surface area contributed by atoms with E-state index in [1.807, 2.05) is 0 Å². The molecule has 0 N–H and O–H groups in total. The fourth-order valence-corrected chi connectivity index (χ4v) is 2.48. The summed E-state index contributed by atoms with van der Waals surface area (Å²) in [4.78, 5) is 46.6. The molecule has 2 rings (SSSR count). The summed E-state index contributed by atoms with van der Waals surface area (Å²) in [6.45, 7) is 3.28. The molecule has 12 nitrogen and oxygen atoms in total. The monoisotopic (exact) mass is 385 g/mol. The highest BCUT2D eigenvalue weighted by molar-refractivity contribution is 5.86. The Morgan fingerprint density at radius 3 is 2.26 bits per heavy atom. The highest BCUT2D eigenvalue weighted by atomic mass is 16.7. The summed E-state index contributed by atoms with van der Waals surface area (Å²) in [5.41, 5.74) is -0.102. The maximum atomic E-state index is 11.6. The first-order valence-corrected chi connectivity index (χ1v) is 7.86. The van der Waals surface area contributed by atoms with Crippen molar-refractivity contribution in [2.75, 3.05) is 13.7 Å². The van der Waals surface area contributed by atoms with Crippen LogP contribution in [0.25, 0.3) is 0 Å². The van der Waals surface area contributed by atoms with Gasteiger partial charge in [-0.15, -0.1) is 5.10 Å². The van der Waals surface area contributed by atoms with E-state index in [2.05, 4.69) is 14.9 Å². The van der Waals surface area contributed by atoms with Crippen LogP contribution in [-0.2, 0) is 38.1 Å². The molecule has 0 saturated carbocycles. The first-order chi connectivity index (χ1) is 12.7. The standard InChI is InChI=1S/C15H19N3O9/c1-7(19)24-6-11-12(25-8(2)20)13(26-9(3)21)14(27-11)18-16-5-10(17-18)15(22)23-4/h5,11-14H,6H2,1-4H3/t11-,12-,13-,14-/m1/s1. The van der Waals surface area contributed by atoms with Crippen molar-refractivity contribution in [3.8, 4) is 0 Å². The van der Waals surface area contributed by atoms with E-state index in [0.29, 0.717) is 0 Å². The van der Waals surface area contributed by atoms with Gasteiger partial charge in [0.1, 0.15) is 12.7 Å². The molecule has 12 heteroatoms. The summed E-state index contributed by atoms with van der Waals surface area (Å²) >= 11 is 0. The third-order valence-corrected chi connectivity index (χ3v) is 3.47. The van der Waals surface area contributed by atoms with Crippen LogP contribution in [0, 0.1) is 0 Å². The van der Waals surface area contributed by atoms with Gasteiger partial charge in [-0.1, -0.05) is 0 Å². The summed E-state index contributed by atoms with van der Waals surface area (Å²) < 4.78 is 25.6. The third kappa shape index (κ3) is 5.00. The Hall–Kier alpha value is -3.02. The average molecular weight is 385 g/mol. The minimum absolute atomic E-state index is 0.102. The molecule has 0 amide bonds. The topological polar surface area (TPSA) is 145 Å². The van der Waals surface area contributed by atoms with E-state index in [9.17, 15) is 19.2 Å². The number of ether oxygens (including phenoxy) is 5. The van der Waals surface area contributed by atoms with E-state index in [0.717, 1.165) is 17.9 Å². The Bertz CT molecular complexity index is 732. The normalized spacial score (nSPS) is 24.1. The second-order valence-corrected chi connectivity index (χ2v) is 5.56. The van der Waals surface area contributed by atoms with Crippen LogP contribution in [0.15, 0.2) is 6.20 Å². The van der Waals surface area contributed by atoms with Crippen molar-refractivity contribution < 1.29 is 42.9 Å². The van der Waals surface area contributed by atoms with Gasteiger partial charge >= 0.3 is 23.9 Å². The number of carbonyl (C=O) groups excluding carboxylic acids is 4. The molecule has 4 atom stereocenters. The fraction of sp³-hybridized carbons (Fsp3) is 0.600. The second kappa shape index (κ2) is 8.58. The van der Waals surface area contributed by atoms with Crippen molar-refractivity contribution in [2.45, 2.75) is 45.3 Å². The van der Waals surface area contributed by atoms with Gasteiger partial charge in [-0.05, 0) is 0 Å². The fourth-order valence-electron chi connectivity index (χ4n) is 2.48. The van der Waals surface area contributed by atoms with Gasteiger partial charge in [0.2, 0.25) is 6.23 Å². The van der Waals surface area contributed by atoms with Crippen LogP contribution in [0.4, 0.5) is 0 Å². The second-order valence-electron chi connectivity index (χ2n) is 5.56. The summed E-state index contributed by atoms with van der Waals surface area (Å²) in [5, 5.41) is 7.84. The Balaban J connectivity index is 2.33. The summed E-state index contributed by atoms with van der Waals surface area (Å²) in [6.07, 6.45) is -3.15. The largest absolute Gasteiger partial charge is 0.464 e. The molecular weight excluding hydrogens is 366 g/mol. The van der Waals surface area contributed by atoms with E-state index < -0.39 is 48.4 Å². The summed E-state index contributed by atoms with van der Waals surface area (Å²) in [7, 11) is 1.18. The van der Waals surface area contributed by atoms with E-state index in [4.69, 9.17) is 18.9 Å². The molecule has 1 aromatic heterocycles. The minimum Gasteiger partial charge on any atom is -0.464 e.